The predicted octanol–water partition coefficient (Wildman–Crippen LogP) is 3.83. The molecule has 0 aliphatic carbocycles. The number of anilines is 2. The molecule has 3 aromatic rings. The van der Waals surface area contributed by atoms with Crippen LogP contribution in [0.25, 0.3) is 0 Å². The fourth-order valence-corrected chi connectivity index (χ4v) is 3.95. The van der Waals surface area contributed by atoms with Crippen LogP contribution in [0.3, 0.4) is 0 Å². The largest absolute Gasteiger partial charge is 0.372 e. The Hall–Kier alpha value is -3.44. The van der Waals surface area contributed by atoms with Crippen molar-refractivity contribution in [3.05, 3.63) is 94.5 Å². The average molecular weight is 400 g/mol. The van der Waals surface area contributed by atoms with Crippen LogP contribution in [0.15, 0.2) is 66.7 Å². The Bertz CT molecular complexity index is 1140. The first kappa shape index (κ1) is 19.9. The molecule has 1 heterocycles. The quantitative estimate of drug-likeness (QED) is 0.699. The monoisotopic (exact) mass is 400 g/mol. The molecule has 0 saturated heterocycles. The van der Waals surface area contributed by atoms with E-state index >= 15 is 0 Å². The fraction of sp³-hybridized carbons (Fsp3) is 0.200. The molecule has 2 N–H and O–H groups in total. The lowest BCUT2D eigenvalue weighted by Crippen LogP contribution is -2.44. The molecule has 0 aromatic heterocycles. The Balaban J connectivity index is 1.65. The van der Waals surface area contributed by atoms with Crippen LogP contribution in [0.5, 0.6) is 0 Å². The molecule has 5 nitrogen and oxygen atoms in total. The number of para-hydroxylation sites is 1. The Kier molecular flexibility index (Phi) is 4.92. The number of benzene rings is 3. The molecule has 3 aromatic carbocycles. The van der Waals surface area contributed by atoms with Gasteiger partial charge in [-0.2, -0.15) is 0 Å². The number of rotatable bonds is 4. The third-order valence-electron chi connectivity index (χ3n) is 5.57. The average Bonchev–Trinajstić information content (AvgIpc) is 2.93. The summed E-state index contributed by atoms with van der Waals surface area (Å²) in [6.07, 6.45) is 0. The molecule has 0 radical (unpaired) electrons. The van der Waals surface area contributed by atoms with Crippen molar-refractivity contribution in [2.45, 2.75) is 26.4 Å². The van der Waals surface area contributed by atoms with E-state index in [9.17, 15) is 14.7 Å². The number of carbonyl (C=O) groups is 2. The van der Waals surface area contributed by atoms with E-state index in [1.807, 2.05) is 51.1 Å². The molecule has 1 aliphatic rings. The summed E-state index contributed by atoms with van der Waals surface area (Å²) in [4.78, 5) is 27.5. The minimum Gasteiger partial charge on any atom is -0.372 e. The third kappa shape index (κ3) is 3.27. The van der Waals surface area contributed by atoms with Crippen LogP contribution >= 0.6 is 0 Å². The summed E-state index contributed by atoms with van der Waals surface area (Å²) in [6, 6.07) is 20.1. The molecule has 30 heavy (non-hydrogen) atoms. The second-order valence-electron chi connectivity index (χ2n) is 7.85. The van der Waals surface area contributed by atoms with Crippen LogP contribution in [-0.4, -0.2) is 23.5 Å². The molecule has 152 valence electrons. The standard InChI is InChI=1S/C25H24N2O3/c1-16-8-11-19(12-9-16)25(30)20-6-4-5-7-22(20)27(24(25)29)15-23(28)26-21-13-10-17(2)14-18(21)3/h4-14,30H,15H2,1-3H3,(H,26,28)/t25-/m1/s1. The van der Waals surface area contributed by atoms with Crippen molar-refractivity contribution in [2.24, 2.45) is 0 Å². The van der Waals surface area contributed by atoms with Crippen LogP contribution in [0.2, 0.25) is 0 Å². The van der Waals surface area contributed by atoms with Gasteiger partial charge in [0.2, 0.25) is 5.91 Å². The Morgan fingerprint density at radius 1 is 0.967 bits per heavy atom. The van der Waals surface area contributed by atoms with Crippen LogP contribution in [-0.2, 0) is 15.2 Å². The minimum absolute atomic E-state index is 0.183. The molecule has 0 unspecified atom stereocenters. The van der Waals surface area contributed by atoms with Crippen molar-refractivity contribution in [3.8, 4) is 0 Å². The second kappa shape index (κ2) is 7.43. The summed E-state index contributed by atoms with van der Waals surface area (Å²) in [6.45, 7) is 5.68. The number of aliphatic hydroxyl groups is 1. The van der Waals surface area contributed by atoms with E-state index in [0.717, 1.165) is 16.7 Å². The van der Waals surface area contributed by atoms with Crippen molar-refractivity contribution < 1.29 is 14.7 Å². The number of carbonyl (C=O) groups excluding carboxylic acids is 2. The van der Waals surface area contributed by atoms with Crippen LogP contribution < -0.4 is 10.2 Å². The third-order valence-corrected chi connectivity index (χ3v) is 5.57. The van der Waals surface area contributed by atoms with Crippen LogP contribution in [0.4, 0.5) is 11.4 Å². The van der Waals surface area contributed by atoms with E-state index in [2.05, 4.69) is 5.32 Å². The lowest BCUT2D eigenvalue weighted by atomic mass is 9.87. The van der Waals surface area contributed by atoms with Gasteiger partial charge in [-0.25, -0.2) is 0 Å². The normalized spacial score (nSPS) is 17.7. The van der Waals surface area contributed by atoms with Crippen LogP contribution in [0.1, 0.15) is 27.8 Å². The van der Waals surface area contributed by atoms with Crippen LogP contribution in [0, 0.1) is 20.8 Å². The molecular weight excluding hydrogens is 376 g/mol. The van der Waals surface area contributed by atoms with Gasteiger partial charge < -0.3 is 10.4 Å². The van der Waals surface area contributed by atoms with Gasteiger partial charge in [0.1, 0.15) is 6.54 Å². The maximum Gasteiger partial charge on any atom is 0.268 e. The van der Waals surface area contributed by atoms with E-state index < -0.39 is 11.5 Å². The van der Waals surface area contributed by atoms with Crippen molar-refractivity contribution in [3.63, 3.8) is 0 Å². The molecule has 4 rings (SSSR count). The summed E-state index contributed by atoms with van der Waals surface area (Å²) >= 11 is 0. The molecule has 1 aliphatic heterocycles. The number of fused-ring (bicyclic) bond motifs is 1. The van der Waals surface area contributed by atoms with E-state index in [1.165, 1.54) is 4.90 Å². The maximum absolute atomic E-state index is 13.4. The number of amides is 2. The van der Waals surface area contributed by atoms with Gasteiger partial charge in [-0.05, 0) is 44.0 Å². The van der Waals surface area contributed by atoms with Gasteiger partial charge in [0.05, 0.1) is 5.69 Å². The van der Waals surface area contributed by atoms with Crippen molar-refractivity contribution in [1.29, 1.82) is 0 Å². The number of hydrogen-bond donors (Lipinski definition) is 2. The highest BCUT2D eigenvalue weighted by atomic mass is 16.3. The lowest BCUT2D eigenvalue weighted by molar-refractivity contribution is -0.133. The summed E-state index contributed by atoms with van der Waals surface area (Å²) in [5.41, 5.74) is 3.50. The Labute approximate surface area is 176 Å². The fourth-order valence-electron chi connectivity index (χ4n) is 3.95. The van der Waals surface area contributed by atoms with Crippen molar-refractivity contribution in [1.82, 2.24) is 0 Å². The van der Waals surface area contributed by atoms with E-state index in [0.29, 0.717) is 22.5 Å². The van der Waals surface area contributed by atoms with Gasteiger partial charge in [0, 0.05) is 11.3 Å². The Morgan fingerprint density at radius 3 is 2.33 bits per heavy atom. The molecule has 0 bridgehead atoms. The first-order valence-corrected chi connectivity index (χ1v) is 9.89. The first-order chi connectivity index (χ1) is 14.3. The van der Waals surface area contributed by atoms with Gasteiger partial charge in [-0.15, -0.1) is 0 Å². The number of hydrogen-bond acceptors (Lipinski definition) is 3. The second-order valence-corrected chi connectivity index (χ2v) is 7.85. The highest BCUT2D eigenvalue weighted by Crippen LogP contribution is 2.44. The summed E-state index contributed by atoms with van der Waals surface area (Å²) in [7, 11) is 0. The molecule has 1 atom stereocenters. The summed E-state index contributed by atoms with van der Waals surface area (Å²) < 4.78 is 0. The highest BCUT2D eigenvalue weighted by Gasteiger charge is 2.51. The smallest absolute Gasteiger partial charge is 0.268 e. The zero-order valence-electron chi connectivity index (χ0n) is 17.3. The topological polar surface area (TPSA) is 69.6 Å². The van der Waals surface area contributed by atoms with Crippen molar-refractivity contribution >= 4 is 23.2 Å². The van der Waals surface area contributed by atoms with Crippen molar-refractivity contribution in [2.75, 3.05) is 16.8 Å². The lowest BCUT2D eigenvalue weighted by Gasteiger charge is -2.24. The van der Waals surface area contributed by atoms with Gasteiger partial charge in [-0.3, -0.25) is 14.5 Å². The van der Waals surface area contributed by atoms with E-state index in [-0.39, 0.29) is 12.5 Å². The van der Waals surface area contributed by atoms with Gasteiger partial charge in [0.25, 0.3) is 5.91 Å². The van der Waals surface area contributed by atoms with Gasteiger partial charge in [-0.1, -0.05) is 65.7 Å². The van der Waals surface area contributed by atoms with Gasteiger partial charge >= 0.3 is 0 Å². The SMILES string of the molecule is Cc1ccc([C@]2(O)C(=O)N(CC(=O)Nc3ccc(C)cc3C)c3ccccc32)cc1. The zero-order valence-corrected chi connectivity index (χ0v) is 17.3. The molecule has 5 heteroatoms. The van der Waals surface area contributed by atoms with E-state index in [1.54, 1.807) is 36.4 Å². The first-order valence-electron chi connectivity index (χ1n) is 9.89. The number of nitrogens with one attached hydrogen (secondary N) is 1. The summed E-state index contributed by atoms with van der Waals surface area (Å²) in [5.74, 6) is -0.846. The Morgan fingerprint density at radius 2 is 1.63 bits per heavy atom. The molecule has 0 fully saturated rings. The molecular formula is C25H24N2O3. The highest BCUT2D eigenvalue weighted by molar-refractivity contribution is 6.12. The summed E-state index contributed by atoms with van der Waals surface area (Å²) in [5, 5.41) is 14.4. The van der Waals surface area contributed by atoms with Gasteiger partial charge in [0.15, 0.2) is 5.60 Å². The molecule has 0 saturated carbocycles. The minimum atomic E-state index is -1.82. The zero-order chi connectivity index (χ0) is 21.5. The number of nitrogens with zero attached hydrogens (tertiary/aromatic N) is 1. The van der Waals surface area contributed by atoms with E-state index in [4.69, 9.17) is 0 Å². The molecule has 0 spiro atoms. The molecule has 2 amide bonds. The maximum atomic E-state index is 13.4. The number of aryl methyl sites for hydroxylation is 3. The predicted molar refractivity (Wildman–Crippen MR) is 118 cm³/mol.